The molecule has 1 unspecified atom stereocenters. The normalized spacial score (nSPS) is 17.7. The van der Waals surface area contributed by atoms with Gasteiger partial charge in [0, 0.05) is 19.3 Å². The van der Waals surface area contributed by atoms with E-state index in [9.17, 15) is 9.18 Å². The van der Waals surface area contributed by atoms with E-state index in [1.807, 2.05) is 12.1 Å². The van der Waals surface area contributed by atoms with Crippen molar-refractivity contribution in [2.45, 2.75) is 25.7 Å². The lowest BCUT2D eigenvalue weighted by molar-refractivity contribution is 0.100. The minimum absolute atomic E-state index is 0.133. The zero-order valence-electron chi connectivity index (χ0n) is 13.6. The Bertz CT molecular complexity index is 719. The van der Waals surface area contributed by atoms with Gasteiger partial charge in [-0.05, 0) is 55.4 Å². The number of halogens is 1. The Morgan fingerprint density at radius 3 is 2.92 bits per heavy atom. The van der Waals surface area contributed by atoms with Crippen LogP contribution < -0.4 is 10.6 Å². The second-order valence-electron chi connectivity index (χ2n) is 6.32. The van der Waals surface area contributed by atoms with Gasteiger partial charge in [-0.15, -0.1) is 0 Å². The number of primary amides is 1. The maximum Gasteiger partial charge on any atom is 0.252 e. The number of nitrogens with zero attached hydrogens (tertiary/aromatic N) is 2. The SMILES string of the molecule is NC(=O)c1cccnc1N1CCCC(CCc2ccccc2F)C1. The molecule has 1 atom stereocenters. The lowest BCUT2D eigenvalue weighted by Crippen LogP contribution is -2.37. The number of aromatic nitrogens is 1. The van der Waals surface area contributed by atoms with E-state index in [-0.39, 0.29) is 5.82 Å². The summed E-state index contributed by atoms with van der Waals surface area (Å²) in [5.74, 6) is 0.541. The number of rotatable bonds is 5. The van der Waals surface area contributed by atoms with Crippen LogP contribution in [0.25, 0.3) is 0 Å². The van der Waals surface area contributed by atoms with Crippen LogP contribution in [0.4, 0.5) is 10.2 Å². The van der Waals surface area contributed by atoms with Crippen LogP contribution in [0, 0.1) is 11.7 Å². The molecule has 2 N–H and O–H groups in total. The molecule has 4 nitrogen and oxygen atoms in total. The molecular formula is C19H22FN3O. The Balaban J connectivity index is 1.67. The van der Waals surface area contributed by atoms with Crippen LogP contribution >= 0.6 is 0 Å². The molecule has 0 bridgehead atoms. The average Bonchev–Trinajstić information content (AvgIpc) is 2.61. The van der Waals surface area contributed by atoms with Gasteiger partial charge in [-0.3, -0.25) is 4.79 Å². The molecule has 0 aliphatic carbocycles. The first kappa shape index (κ1) is 16.4. The Morgan fingerprint density at radius 1 is 1.29 bits per heavy atom. The third kappa shape index (κ3) is 3.72. The molecule has 0 saturated carbocycles. The lowest BCUT2D eigenvalue weighted by atomic mass is 9.91. The van der Waals surface area contributed by atoms with Crippen LogP contribution in [-0.4, -0.2) is 24.0 Å². The summed E-state index contributed by atoms with van der Waals surface area (Å²) >= 11 is 0. The maximum absolute atomic E-state index is 13.8. The number of amides is 1. The number of nitrogens with two attached hydrogens (primary N) is 1. The van der Waals surface area contributed by atoms with Gasteiger partial charge in [0.25, 0.3) is 5.91 Å². The standard InChI is InChI=1S/C19H22FN3O/c20-17-8-2-1-6-15(17)10-9-14-5-4-12-23(13-14)19-16(18(21)24)7-3-11-22-19/h1-3,6-8,11,14H,4-5,9-10,12-13H2,(H2,21,24). The Morgan fingerprint density at radius 2 is 2.12 bits per heavy atom. The zero-order valence-corrected chi connectivity index (χ0v) is 13.6. The molecule has 1 aromatic carbocycles. The molecule has 1 saturated heterocycles. The third-order valence-corrected chi connectivity index (χ3v) is 4.65. The molecule has 5 heteroatoms. The quantitative estimate of drug-likeness (QED) is 0.917. The van der Waals surface area contributed by atoms with E-state index >= 15 is 0 Å². The first-order valence-corrected chi connectivity index (χ1v) is 8.38. The van der Waals surface area contributed by atoms with Gasteiger partial charge in [0.15, 0.2) is 0 Å². The fourth-order valence-corrected chi connectivity index (χ4v) is 3.40. The number of carbonyl (C=O) groups excluding carboxylic acids is 1. The number of benzene rings is 1. The summed E-state index contributed by atoms with van der Waals surface area (Å²) in [6, 6.07) is 10.4. The molecule has 2 aromatic rings. The number of piperidine rings is 1. The molecule has 2 heterocycles. The van der Waals surface area contributed by atoms with Crippen molar-refractivity contribution in [3.63, 3.8) is 0 Å². The van der Waals surface area contributed by atoms with Crippen molar-refractivity contribution in [3.8, 4) is 0 Å². The van der Waals surface area contributed by atoms with Crippen LogP contribution in [0.5, 0.6) is 0 Å². The molecule has 0 radical (unpaired) electrons. The average molecular weight is 327 g/mol. The minimum Gasteiger partial charge on any atom is -0.365 e. The Hall–Kier alpha value is -2.43. The van der Waals surface area contributed by atoms with E-state index < -0.39 is 5.91 Å². The van der Waals surface area contributed by atoms with Crippen LogP contribution in [0.3, 0.4) is 0 Å². The molecule has 24 heavy (non-hydrogen) atoms. The minimum atomic E-state index is -0.452. The number of aryl methyl sites for hydroxylation is 1. The van der Waals surface area contributed by atoms with E-state index in [0.29, 0.717) is 17.3 Å². The molecular weight excluding hydrogens is 305 g/mol. The van der Waals surface area contributed by atoms with Gasteiger partial charge in [0.1, 0.15) is 11.6 Å². The lowest BCUT2D eigenvalue weighted by Gasteiger charge is -2.34. The first-order valence-electron chi connectivity index (χ1n) is 8.38. The third-order valence-electron chi connectivity index (χ3n) is 4.65. The molecule has 1 fully saturated rings. The van der Waals surface area contributed by atoms with Crippen LogP contribution in [-0.2, 0) is 6.42 Å². The van der Waals surface area contributed by atoms with Crippen LogP contribution in [0.1, 0.15) is 35.2 Å². The summed E-state index contributed by atoms with van der Waals surface area (Å²) in [6.07, 6.45) is 5.50. The molecule has 1 aliphatic rings. The highest BCUT2D eigenvalue weighted by Crippen LogP contribution is 2.27. The summed E-state index contributed by atoms with van der Waals surface area (Å²) in [4.78, 5) is 18.1. The highest BCUT2D eigenvalue weighted by Gasteiger charge is 2.24. The number of pyridine rings is 1. The van der Waals surface area contributed by atoms with Gasteiger partial charge in [-0.1, -0.05) is 18.2 Å². The van der Waals surface area contributed by atoms with Gasteiger partial charge >= 0.3 is 0 Å². The predicted molar refractivity (Wildman–Crippen MR) is 92.4 cm³/mol. The summed E-state index contributed by atoms with van der Waals surface area (Å²) < 4.78 is 13.8. The monoisotopic (exact) mass is 327 g/mol. The molecule has 3 rings (SSSR count). The van der Waals surface area contributed by atoms with E-state index in [1.54, 1.807) is 24.4 Å². The van der Waals surface area contributed by atoms with Crippen molar-refractivity contribution in [1.82, 2.24) is 4.98 Å². The smallest absolute Gasteiger partial charge is 0.252 e. The predicted octanol–water partition coefficient (Wildman–Crippen LogP) is 3.17. The molecule has 0 spiro atoms. The van der Waals surface area contributed by atoms with Crippen molar-refractivity contribution in [1.29, 1.82) is 0 Å². The fourth-order valence-electron chi connectivity index (χ4n) is 3.40. The summed E-state index contributed by atoms with van der Waals surface area (Å²) in [5.41, 5.74) is 6.69. The van der Waals surface area contributed by atoms with Crippen molar-refractivity contribution < 1.29 is 9.18 Å². The highest BCUT2D eigenvalue weighted by molar-refractivity contribution is 5.97. The number of hydrogen-bond donors (Lipinski definition) is 1. The summed E-state index contributed by atoms with van der Waals surface area (Å²) in [6.45, 7) is 1.69. The van der Waals surface area contributed by atoms with E-state index in [2.05, 4.69) is 9.88 Å². The molecule has 126 valence electrons. The number of carbonyl (C=O) groups is 1. The van der Waals surface area contributed by atoms with Crippen molar-refractivity contribution in [2.75, 3.05) is 18.0 Å². The molecule has 1 aliphatic heterocycles. The Labute approximate surface area is 141 Å². The largest absolute Gasteiger partial charge is 0.365 e. The number of anilines is 1. The van der Waals surface area contributed by atoms with Crippen molar-refractivity contribution in [2.24, 2.45) is 11.7 Å². The maximum atomic E-state index is 13.8. The van der Waals surface area contributed by atoms with Crippen LogP contribution in [0.2, 0.25) is 0 Å². The van der Waals surface area contributed by atoms with Gasteiger partial charge in [-0.2, -0.15) is 0 Å². The second-order valence-corrected chi connectivity index (χ2v) is 6.32. The zero-order chi connectivity index (χ0) is 16.9. The van der Waals surface area contributed by atoms with Crippen LogP contribution in [0.15, 0.2) is 42.6 Å². The van der Waals surface area contributed by atoms with Gasteiger partial charge in [0.2, 0.25) is 0 Å². The van der Waals surface area contributed by atoms with Crippen molar-refractivity contribution >= 4 is 11.7 Å². The van der Waals surface area contributed by atoms with Crippen molar-refractivity contribution in [3.05, 3.63) is 59.5 Å². The van der Waals surface area contributed by atoms with Gasteiger partial charge < -0.3 is 10.6 Å². The van der Waals surface area contributed by atoms with E-state index in [0.717, 1.165) is 44.3 Å². The van der Waals surface area contributed by atoms with Gasteiger partial charge in [0.05, 0.1) is 5.56 Å². The highest BCUT2D eigenvalue weighted by atomic mass is 19.1. The van der Waals surface area contributed by atoms with E-state index in [1.165, 1.54) is 6.07 Å². The van der Waals surface area contributed by atoms with E-state index in [4.69, 9.17) is 5.73 Å². The number of hydrogen-bond acceptors (Lipinski definition) is 3. The second kappa shape index (κ2) is 7.43. The summed E-state index contributed by atoms with van der Waals surface area (Å²) in [5, 5.41) is 0. The summed E-state index contributed by atoms with van der Waals surface area (Å²) in [7, 11) is 0. The molecule has 1 amide bonds. The fraction of sp³-hybridized carbons (Fsp3) is 0.368. The van der Waals surface area contributed by atoms with Gasteiger partial charge in [-0.25, -0.2) is 9.37 Å². The Kier molecular flexibility index (Phi) is 5.08. The topological polar surface area (TPSA) is 59.2 Å². The molecule has 1 aromatic heterocycles. The first-order chi connectivity index (χ1) is 11.6.